The molecular formula is C19H24ClN5O2S. The number of thioether (sulfide) groups is 1. The lowest BCUT2D eigenvalue weighted by Crippen LogP contribution is -2.06. The van der Waals surface area contributed by atoms with Crippen LogP contribution < -0.4 is 0 Å². The lowest BCUT2D eigenvalue weighted by Gasteiger charge is -2.11. The second-order valence-electron chi connectivity index (χ2n) is 6.72. The van der Waals surface area contributed by atoms with Crippen LogP contribution in [0.25, 0.3) is 11.4 Å². The van der Waals surface area contributed by atoms with Crippen LogP contribution in [0.15, 0.2) is 33.9 Å². The highest BCUT2D eigenvalue weighted by atomic mass is 35.5. The Bertz CT molecular complexity index is 894. The first kappa shape index (κ1) is 20.8. The maximum absolute atomic E-state index is 6.02. The zero-order chi connectivity index (χ0) is 20.1. The molecule has 9 heteroatoms. The van der Waals surface area contributed by atoms with E-state index in [0.29, 0.717) is 23.3 Å². The summed E-state index contributed by atoms with van der Waals surface area (Å²) in [4.78, 5) is 4.49. The Morgan fingerprint density at radius 2 is 1.93 bits per heavy atom. The molecule has 0 amide bonds. The lowest BCUT2D eigenvalue weighted by atomic mass is 10.2. The summed E-state index contributed by atoms with van der Waals surface area (Å²) in [6.45, 7) is 7.52. The predicted molar refractivity (Wildman–Crippen MR) is 110 cm³/mol. The van der Waals surface area contributed by atoms with Gasteiger partial charge in [0.05, 0.1) is 5.25 Å². The summed E-state index contributed by atoms with van der Waals surface area (Å²) in [6, 6.07) is 7.60. The number of benzene rings is 1. The Labute approximate surface area is 173 Å². The Balaban J connectivity index is 1.85. The molecule has 0 spiro atoms. The fourth-order valence-corrected chi connectivity index (χ4v) is 3.64. The van der Waals surface area contributed by atoms with E-state index in [-0.39, 0.29) is 11.2 Å². The summed E-state index contributed by atoms with van der Waals surface area (Å²) in [5, 5.41) is 14.3. The number of aromatic nitrogens is 5. The third kappa shape index (κ3) is 4.92. The van der Waals surface area contributed by atoms with Gasteiger partial charge in [-0.05, 0) is 37.6 Å². The van der Waals surface area contributed by atoms with Gasteiger partial charge in [0, 0.05) is 36.8 Å². The predicted octanol–water partition coefficient (Wildman–Crippen LogP) is 4.99. The molecule has 0 bridgehead atoms. The summed E-state index contributed by atoms with van der Waals surface area (Å²) in [5.74, 6) is 2.33. The molecule has 0 aliphatic carbocycles. The van der Waals surface area contributed by atoms with Crippen molar-refractivity contribution in [2.75, 3.05) is 13.7 Å². The Hall–Kier alpha value is -1.90. The van der Waals surface area contributed by atoms with Gasteiger partial charge in [-0.2, -0.15) is 4.98 Å². The van der Waals surface area contributed by atoms with E-state index in [1.165, 1.54) is 0 Å². The molecule has 28 heavy (non-hydrogen) atoms. The molecule has 1 aromatic carbocycles. The van der Waals surface area contributed by atoms with Gasteiger partial charge in [-0.1, -0.05) is 42.4 Å². The SMILES string of the molecule is COCCCn1c(S[C@H](C)c2nc(C(C)C)no2)nnc1-c1ccc(Cl)cc1. The normalized spacial score (nSPS) is 12.6. The fourth-order valence-electron chi connectivity index (χ4n) is 2.61. The molecule has 2 heterocycles. The number of methoxy groups -OCH3 is 1. The number of nitrogens with zero attached hydrogens (tertiary/aromatic N) is 5. The number of hydrogen-bond donors (Lipinski definition) is 0. The van der Waals surface area contributed by atoms with Gasteiger partial charge in [0.15, 0.2) is 16.8 Å². The maximum atomic E-state index is 6.02. The molecule has 0 aliphatic heterocycles. The third-order valence-electron chi connectivity index (χ3n) is 4.15. The molecule has 3 aromatic rings. The van der Waals surface area contributed by atoms with Crippen molar-refractivity contribution < 1.29 is 9.26 Å². The molecule has 3 rings (SSSR count). The van der Waals surface area contributed by atoms with Gasteiger partial charge in [0.25, 0.3) is 0 Å². The van der Waals surface area contributed by atoms with Crippen molar-refractivity contribution in [2.24, 2.45) is 0 Å². The van der Waals surface area contributed by atoms with Crippen molar-refractivity contribution in [1.29, 1.82) is 0 Å². The second-order valence-corrected chi connectivity index (χ2v) is 8.46. The molecule has 0 saturated carbocycles. The van der Waals surface area contributed by atoms with Crippen LogP contribution in [0.2, 0.25) is 5.02 Å². The monoisotopic (exact) mass is 421 g/mol. The van der Waals surface area contributed by atoms with Crippen LogP contribution in [0.4, 0.5) is 0 Å². The minimum Gasteiger partial charge on any atom is -0.385 e. The molecule has 7 nitrogen and oxygen atoms in total. The van der Waals surface area contributed by atoms with E-state index in [2.05, 4.69) is 24.9 Å². The van der Waals surface area contributed by atoms with E-state index in [4.69, 9.17) is 20.9 Å². The molecule has 0 radical (unpaired) electrons. The summed E-state index contributed by atoms with van der Waals surface area (Å²) >= 11 is 7.57. The van der Waals surface area contributed by atoms with Gasteiger partial charge in [0.2, 0.25) is 5.89 Å². The largest absolute Gasteiger partial charge is 0.385 e. The van der Waals surface area contributed by atoms with Crippen LogP contribution in [-0.2, 0) is 11.3 Å². The van der Waals surface area contributed by atoms with Gasteiger partial charge in [0.1, 0.15) is 0 Å². The number of hydrogen-bond acceptors (Lipinski definition) is 7. The van der Waals surface area contributed by atoms with E-state index >= 15 is 0 Å². The van der Waals surface area contributed by atoms with Crippen LogP contribution >= 0.6 is 23.4 Å². The first-order valence-electron chi connectivity index (χ1n) is 9.17. The van der Waals surface area contributed by atoms with Crippen LogP contribution in [0.3, 0.4) is 0 Å². The Kier molecular flexibility index (Phi) is 7.09. The van der Waals surface area contributed by atoms with Gasteiger partial charge < -0.3 is 13.8 Å². The van der Waals surface area contributed by atoms with Crippen molar-refractivity contribution in [3.63, 3.8) is 0 Å². The van der Waals surface area contributed by atoms with Crippen molar-refractivity contribution in [2.45, 2.75) is 50.1 Å². The summed E-state index contributed by atoms with van der Waals surface area (Å²) < 4.78 is 12.7. The first-order valence-corrected chi connectivity index (χ1v) is 10.4. The van der Waals surface area contributed by atoms with Crippen LogP contribution in [0, 0.1) is 0 Å². The van der Waals surface area contributed by atoms with E-state index in [9.17, 15) is 0 Å². The average Bonchev–Trinajstić information content (AvgIpc) is 3.31. The molecule has 0 unspecified atom stereocenters. The molecule has 0 N–H and O–H groups in total. The highest BCUT2D eigenvalue weighted by molar-refractivity contribution is 7.99. The Morgan fingerprint density at radius 1 is 1.18 bits per heavy atom. The Morgan fingerprint density at radius 3 is 2.57 bits per heavy atom. The smallest absolute Gasteiger partial charge is 0.239 e. The topological polar surface area (TPSA) is 78.9 Å². The summed E-state index contributed by atoms with van der Waals surface area (Å²) in [7, 11) is 1.70. The van der Waals surface area contributed by atoms with Crippen LogP contribution in [0.1, 0.15) is 50.1 Å². The molecule has 2 aromatic heterocycles. The van der Waals surface area contributed by atoms with Gasteiger partial charge in [-0.3, -0.25) is 0 Å². The fraction of sp³-hybridized carbons (Fsp3) is 0.474. The van der Waals surface area contributed by atoms with E-state index in [1.807, 2.05) is 45.0 Å². The van der Waals surface area contributed by atoms with Crippen molar-refractivity contribution in [3.05, 3.63) is 41.0 Å². The molecule has 0 aliphatic rings. The lowest BCUT2D eigenvalue weighted by molar-refractivity contribution is 0.189. The second kappa shape index (κ2) is 9.54. The number of rotatable bonds is 9. The molecule has 0 fully saturated rings. The quantitative estimate of drug-likeness (QED) is 0.355. The van der Waals surface area contributed by atoms with Gasteiger partial charge >= 0.3 is 0 Å². The summed E-state index contributed by atoms with van der Waals surface area (Å²) in [6.07, 6.45) is 0.856. The van der Waals surface area contributed by atoms with Crippen LogP contribution in [0.5, 0.6) is 0 Å². The number of ether oxygens (including phenoxy) is 1. The van der Waals surface area contributed by atoms with E-state index in [0.717, 1.165) is 29.5 Å². The minimum absolute atomic E-state index is 0.0385. The first-order chi connectivity index (χ1) is 13.5. The van der Waals surface area contributed by atoms with E-state index in [1.54, 1.807) is 18.9 Å². The molecular weight excluding hydrogens is 398 g/mol. The maximum Gasteiger partial charge on any atom is 0.239 e. The van der Waals surface area contributed by atoms with Crippen molar-refractivity contribution in [1.82, 2.24) is 24.9 Å². The average molecular weight is 422 g/mol. The van der Waals surface area contributed by atoms with Crippen LogP contribution in [-0.4, -0.2) is 38.6 Å². The molecule has 150 valence electrons. The van der Waals surface area contributed by atoms with Crippen molar-refractivity contribution in [3.8, 4) is 11.4 Å². The minimum atomic E-state index is -0.0385. The zero-order valence-corrected chi connectivity index (χ0v) is 18.0. The highest BCUT2D eigenvalue weighted by Crippen LogP contribution is 2.35. The summed E-state index contributed by atoms with van der Waals surface area (Å²) in [5.41, 5.74) is 0.966. The van der Waals surface area contributed by atoms with Gasteiger partial charge in [-0.15, -0.1) is 10.2 Å². The zero-order valence-electron chi connectivity index (χ0n) is 16.4. The molecule has 0 saturated heterocycles. The molecule has 1 atom stereocenters. The van der Waals surface area contributed by atoms with Gasteiger partial charge in [-0.25, -0.2) is 0 Å². The number of halogens is 1. The van der Waals surface area contributed by atoms with Crippen molar-refractivity contribution >= 4 is 23.4 Å². The third-order valence-corrected chi connectivity index (χ3v) is 5.47. The standard InChI is InChI=1S/C19H24ClN5O2S/c1-12(2)16-21-18(27-24-16)13(3)28-19-23-22-17(25(19)10-5-11-26-4)14-6-8-15(20)9-7-14/h6-9,12-13H,5,10-11H2,1-4H3/t13-/m1/s1. The highest BCUT2D eigenvalue weighted by Gasteiger charge is 2.22. The van der Waals surface area contributed by atoms with E-state index < -0.39 is 0 Å².